The molecule has 3 rings (SSSR count). The minimum atomic E-state index is -0.707. The van der Waals surface area contributed by atoms with Crippen LogP contribution in [0.2, 0.25) is 0 Å². The smallest absolute Gasteiger partial charge is 0.306 e. The first-order valence-electron chi connectivity index (χ1n) is 10.5. The molecule has 28 heavy (non-hydrogen) atoms. The molecule has 0 saturated carbocycles. The third-order valence-electron chi connectivity index (χ3n) is 6.07. The molecule has 0 unspecified atom stereocenters. The highest BCUT2D eigenvalue weighted by Crippen LogP contribution is 2.18. The van der Waals surface area contributed by atoms with Crippen molar-refractivity contribution in [1.29, 1.82) is 0 Å². The van der Waals surface area contributed by atoms with E-state index < -0.39 is 5.97 Å². The summed E-state index contributed by atoms with van der Waals surface area (Å²) >= 11 is 0. The molecule has 6 nitrogen and oxygen atoms in total. The number of carbonyl (C=O) groups is 2. The molecule has 2 heterocycles. The van der Waals surface area contributed by atoms with E-state index >= 15 is 0 Å². The van der Waals surface area contributed by atoms with Crippen LogP contribution in [0.25, 0.3) is 0 Å². The molecule has 0 bridgehead atoms. The Kier molecular flexibility index (Phi) is 7.08. The number of benzene rings is 1. The number of hydrogen-bond acceptors (Lipinski definition) is 4. The van der Waals surface area contributed by atoms with Gasteiger partial charge in [0.05, 0.1) is 12.5 Å². The van der Waals surface area contributed by atoms with E-state index in [0.29, 0.717) is 38.4 Å². The Labute approximate surface area is 168 Å². The van der Waals surface area contributed by atoms with Gasteiger partial charge in [-0.1, -0.05) is 38.1 Å². The van der Waals surface area contributed by atoms with Crippen LogP contribution < -0.4 is 0 Å². The summed E-state index contributed by atoms with van der Waals surface area (Å²) in [6.45, 7) is 10.5. The minimum Gasteiger partial charge on any atom is -0.481 e. The molecule has 2 saturated heterocycles. The number of piperidine rings is 1. The average Bonchev–Trinajstić information content (AvgIpc) is 2.69. The minimum absolute atomic E-state index is 0.176. The van der Waals surface area contributed by atoms with Gasteiger partial charge in [0.2, 0.25) is 5.91 Å². The molecule has 6 heteroatoms. The third kappa shape index (κ3) is 5.55. The summed E-state index contributed by atoms with van der Waals surface area (Å²) in [7, 11) is 0. The number of amides is 1. The quantitative estimate of drug-likeness (QED) is 0.811. The summed E-state index contributed by atoms with van der Waals surface area (Å²) in [4.78, 5) is 30.1. The Morgan fingerprint density at radius 3 is 2.11 bits per heavy atom. The molecule has 0 aliphatic carbocycles. The normalized spacial score (nSPS) is 19.9. The van der Waals surface area contributed by atoms with Crippen LogP contribution in [0.4, 0.5) is 0 Å². The van der Waals surface area contributed by atoms with Crippen LogP contribution in [0.1, 0.15) is 43.7 Å². The second-order valence-electron chi connectivity index (χ2n) is 8.44. The van der Waals surface area contributed by atoms with Gasteiger partial charge in [0.25, 0.3) is 0 Å². The Morgan fingerprint density at radius 1 is 0.964 bits per heavy atom. The summed E-state index contributed by atoms with van der Waals surface area (Å²) < 4.78 is 0. The maximum absolute atomic E-state index is 12.6. The zero-order chi connectivity index (χ0) is 20.1. The molecule has 0 atom stereocenters. The van der Waals surface area contributed by atoms with Crippen molar-refractivity contribution in [2.45, 2.75) is 39.2 Å². The molecular weight excluding hydrogens is 354 g/mol. The lowest BCUT2D eigenvalue weighted by Crippen LogP contribution is -2.51. The lowest BCUT2D eigenvalue weighted by molar-refractivity contribution is -0.143. The second-order valence-corrected chi connectivity index (χ2v) is 8.44. The summed E-state index contributed by atoms with van der Waals surface area (Å²) in [5, 5.41) is 9.08. The van der Waals surface area contributed by atoms with Crippen molar-refractivity contribution < 1.29 is 14.7 Å². The molecule has 1 amide bonds. The van der Waals surface area contributed by atoms with E-state index in [1.54, 1.807) is 0 Å². The van der Waals surface area contributed by atoms with Gasteiger partial charge in [-0.15, -0.1) is 0 Å². The first-order chi connectivity index (χ1) is 13.4. The lowest BCUT2D eigenvalue weighted by atomic mass is 9.97. The summed E-state index contributed by atoms with van der Waals surface area (Å²) in [5.74, 6) is -0.223. The van der Waals surface area contributed by atoms with Gasteiger partial charge in [-0.3, -0.25) is 19.4 Å². The van der Waals surface area contributed by atoms with Crippen molar-refractivity contribution in [3.05, 3.63) is 35.4 Å². The fourth-order valence-corrected chi connectivity index (χ4v) is 4.05. The number of nitrogens with zero attached hydrogens (tertiary/aromatic N) is 3. The predicted molar refractivity (Wildman–Crippen MR) is 109 cm³/mol. The fourth-order valence-electron chi connectivity index (χ4n) is 4.05. The second kappa shape index (κ2) is 9.52. The van der Waals surface area contributed by atoms with Gasteiger partial charge in [0.15, 0.2) is 0 Å². The van der Waals surface area contributed by atoms with E-state index in [1.807, 2.05) is 4.90 Å². The van der Waals surface area contributed by atoms with Crippen molar-refractivity contribution in [2.24, 2.45) is 5.92 Å². The number of hydrogen-bond donors (Lipinski definition) is 1. The largest absolute Gasteiger partial charge is 0.481 e. The molecule has 2 aliphatic rings. The molecule has 2 fully saturated rings. The number of likely N-dealkylation sites (tertiary alicyclic amines) is 1. The Morgan fingerprint density at radius 2 is 1.57 bits per heavy atom. The van der Waals surface area contributed by atoms with E-state index in [-0.39, 0.29) is 11.8 Å². The van der Waals surface area contributed by atoms with Crippen LogP contribution >= 0.6 is 0 Å². The van der Waals surface area contributed by atoms with E-state index in [4.69, 9.17) is 5.11 Å². The highest BCUT2D eigenvalue weighted by atomic mass is 16.4. The van der Waals surface area contributed by atoms with Crippen molar-refractivity contribution in [2.75, 3.05) is 45.8 Å². The van der Waals surface area contributed by atoms with Crippen LogP contribution in [0, 0.1) is 5.92 Å². The van der Waals surface area contributed by atoms with Crippen molar-refractivity contribution >= 4 is 11.9 Å². The summed E-state index contributed by atoms with van der Waals surface area (Å²) in [6.07, 6.45) is 1.29. The highest BCUT2D eigenvalue weighted by molar-refractivity contribution is 5.78. The first-order valence-corrected chi connectivity index (χ1v) is 10.5. The maximum atomic E-state index is 12.6. The van der Waals surface area contributed by atoms with Gasteiger partial charge < -0.3 is 10.0 Å². The van der Waals surface area contributed by atoms with E-state index in [9.17, 15) is 9.59 Å². The monoisotopic (exact) mass is 387 g/mol. The number of rotatable bonds is 6. The highest BCUT2D eigenvalue weighted by Gasteiger charge is 2.27. The van der Waals surface area contributed by atoms with Crippen LogP contribution in [-0.2, 0) is 16.1 Å². The molecule has 1 aromatic rings. The van der Waals surface area contributed by atoms with Crippen LogP contribution in [0.3, 0.4) is 0 Å². The van der Waals surface area contributed by atoms with E-state index in [2.05, 4.69) is 47.9 Å². The molecule has 154 valence electrons. The fraction of sp³-hybridized carbons (Fsp3) is 0.636. The standard InChI is InChI=1S/C22H33N3O3/c1-17(2)19-5-3-18(4-6-19)15-24-11-13-25(14-12-24)21(26)16-23-9-7-20(8-10-23)22(27)28/h3-6,17,20H,7-16H2,1-2H3,(H,27,28). The number of aliphatic carboxylic acids is 1. The molecule has 0 spiro atoms. The number of carboxylic acids is 1. The van der Waals surface area contributed by atoms with Crippen molar-refractivity contribution in [3.63, 3.8) is 0 Å². The summed E-state index contributed by atoms with van der Waals surface area (Å²) in [6, 6.07) is 8.86. The molecule has 1 N–H and O–H groups in total. The van der Waals surface area contributed by atoms with Crippen LogP contribution in [0.15, 0.2) is 24.3 Å². The molecule has 1 aromatic carbocycles. The molecule has 0 aromatic heterocycles. The van der Waals surface area contributed by atoms with Crippen molar-refractivity contribution in [3.8, 4) is 0 Å². The van der Waals surface area contributed by atoms with E-state index in [1.165, 1.54) is 11.1 Å². The van der Waals surface area contributed by atoms with Crippen LogP contribution in [-0.4, -0.2) is 77.5 Å². The predicted octanol–water partition coefficient (Wildman–Crippen LogP) is 2.25. The zero-order valence-corrected chi connectivity index (χ0v) is 17.1. The van der Waals surface area contributed by atoms with Gasteiger partial charge in [-0.25, -0.2) is 0 Å². The summed E-state index contributed by atoms with van der Waals surface area (Å²) in [5.41, 5.74) is 2.69. The van der Waals surface area contributed by atoms with Crippen LogP contribution in [0.5, 0.6) is 0 Å². The van der Waals surface area contributed by atoms with Gasteiger partial charge in [0.1, 0.15) is 0 Å². The van der Waals surface area contributed by atoms with Gasteiger partial charge in [0, 0.05) is 32.7 Å². The number of piperazine rings is 1. The Hall–Kier alpha value is -1.92. The van der Waals surface area contributed by atoms with Gasteiger partial charge in [-0.05, 0) is 43.0 Å². The SMILES string of the molecule is CC(C)c1ccc(CN2CCN(C(=O)CN3CCC(C(=O)O)CC3)CC2)cc1. The topological polar surface area (TPSA) is 64.1 Å². The molecular formula is C22H33N3O3. The molecule has 0 radical (unpaired) electrons. The molecule has 2 aliphatic heterocycles. The Balaban J connectivity index is 1.40. The van der Waals surface area contributed by atoms with Gasteiger partial charge >= 0.3 is 5.97 Å². The first kappa shape index (κ1) is 20.8. The maximum Gasteiger partial charge on any atom is 0.306 e. The van der Waals surface area contributed by atoms with Gasteiger partial charge in [-0.2, -0.15) is 0 Å². The number of carboxylic acid groups (broad SMARTS) is 1. The zero-order valence-electron chi connectivity index (χ0n) is 17.1. The lowest BCUT2D eigenvalue weighted by Gasteiger charge is -2.36. The van der Waals surface area contributed by atoms with Crippen molar-refractivity contribution in [1.82, 2.24) is 14.7 Å². The Bertz CT molecular complexity index is 658. The van der Waals surface area contributed by atoms with E-state index in [0.717, 1.165) is 32.7 Å². The number of carbonyl (C=O) groups excluding carboxylic acids is 1. The third-order valence-corrected chi connectivity index (χ3v) is 6.07. The average molecular weight is 388 g/mol.